The Morgan fingerprint density at radius 1 is 1.37 bits per heavy atom. The Morgan fingerprint density at radius 2 is 2.21 bits per heavy atom. The van der Waals surface area contributed by atoms with Crippen molar-refractivity contribution < 1.29 is 0 Å². The molecule has 2 atom stereocenters. The van der Waals surface area contributed by atoms with Crippen LogP contribution in [0.1, 0.15) is 31.9 Å². The van der Waals surface area contributed by atoms with E-state index in [-0.39, 0.29) is 0 Å². The highest BCUT2D eigenvalue weighted by Crippen LogP contribution is 2.39. The summed E-state index contributed by atoms with van der Waals surface area (Å²) in [4.78, 5) is 0. The summed E-state index contributed by atoms with van der Waals surface area (Å²) in [6, 6.07) is 10.4. The Kier molecular flexibility index (Phi) is 3.04. The van der Waals surface area contributed by atoms with E-state index in [0.29, 0.717) is 11.7 Å². The van der Waals surface area contributed by atoms with E-state index in [1.165, 1.54) is 19.3 Å². The van der Waals surface area contributed by atoms with E-state index in [0.717, 1.165) is 22.5 Å². The third kappa shape index (κ3) is 2.24. The van der Waals surface area contributed by atoms with Gasteiger partial charge in [-0.05, 0) is 24.8 Å². The van der Waals surface area contributed by atoms with Crippen LogP contribution >= 0.6 is 0 Å². The first kappa shape index (κ1) is 11.9. The second-order valence-electron chi connectivity index (χ2n) is 5.09. The monoisotopic (exact) mass is 252 g/mol. The van der Waals surface area contributed by atoms with Crippen LogP contribution in [0.2, 0.25) is 0 Å². The molecule has 96 valence electrons. The summed E-state index contributed by atoms with van der Waals surface area (Å²) in [5.74, 6) is 0.739. The highest BCUT2D eigenvalue weighted by molar-refractivity contribution is 5.93. The maximum atomic E-state index is 9.19. The smallest absolute Gasteiger partial charge is 0.186 e. The normalized spacial score (nSPS) is 21.1. The summed E-state index contributed by atoms with van der Waals surface area (Å²) in [6.45, 7) is 2.21. The lowest BCUT2D eigenvalue weighted by atomic mass is 10.1. The number of nitriles is 1. The first-order valence-electron chi connectivity index (χ1n) is 6.75. The van der Waals surface area contributed by atoms with Crippen molar-refractivity contribution in [2.24, 2.45) is 5.92 Å². The molecule has 0 spiro atoms. The van der Waals surface area contributed by atoms with Gasteiger partial charge in [0.15, 0.2) is 5.69 Å². The Hall–Kier alpha value is -2.15. The van der Waals surface area contributed by atoms with Gasteiger partial charge in [-0.1, -0.05) is 31.5 Å². The maximum absolute atomic E-state index is 9.19. The largest absolute Gasteiger partial charge is 0.379 e. The molecule has 2 unspecified atom stereocenters. The predicted molar refractivity (Wildman–Crippen MR) is 74.7 cm³/mol. The van der Waals surface area contributed by atoms with Crippen LogP contribution in [-0.4, -0.2) is 16.2 Å². The van der Waals surface area contributed by atoms with Gasteiger partial charge in [0.05, 0.1) is 11.2 Å². The minimum Gasteiger partial charge on any atom is -0.379 e. The zero-order valence-electron chi connectivity index (χ0n) is 10.9. The van der Waals surface area contributed by atoms with Crippen molar-refractivity contribution in [3.63, 3.8) is 0 Å². The van der Waals surface area contributed by atoms with E-state index >= 15 is 0 Å². The number of rotatable bonds is 4. The topological polar surface area (TPSA) is 61.6 Å². The predicted octanol–water partition coefficient (Wildman–Crippen LogP) is 3.10. The molecule has 1 aliphatic carbocycles. The quantitative estimate of drug-likeness (QED) is 0.908. The maximum Gasteiger partial charge on any atom is 0.186 e. The van der Waals surface area contributed by atoms with E-state index in [2.05, 4.69) is 28.5 Å². The number of anilines is 1. The van der Waals surface area contributed by atoms with Crippen LogP contribution in [-0.2, 0) is 0 Å². The SMILES string of the molecule is CCCC1CC1Nc1c(C#N)nnc2ccccc12. The summed E-state index contributed by atoms with van der Waals surface area (Å²) < 4.78 is 0. The van der Waals surface area contributed by atoms with Crippen LogP contribution < -0.4 is 5.32 Å². The minimum absolute atomic E-state index is 0.390. The number of nitrogens with zero attached hydrogens (tertiary/aromatic N) is 3. The van der Waals surface area contributed by atoms with Crippen molar-refractivity contribution in [3.8, 4) is 6.07 Å². The molecule has 2 aromatic rings. The number of fused-ring (bicyclic) bond motifs is 1. The molecule has 1 heterocycles. The molecule has 3 rings (SSSR count). The molecular weight excluding hydrogens is 236 g/mol. The van der Waals surface area contributed by atoms with Gasteiger partial charge in [0.25, 0.3) is 0 Å². The summed E-state index contributed by atoms with van der Waals surface area (Å²) in [7, 11) is 0. The summed E-state index contributed by atoms with van der Waals surface area (Å²) in [6.07, 6.45) is 3.65. The van der Waals surface area contributed by atoms with E-state index in [9.17, 15) is 5.26 Å². The van der Waals surface area contributed by atoms with Gasteiger partial charge in [0.2, 0.25) is 0 Å². The van der Waals surface area contributed by atoms with Crippen LogP contribution in [0.4, 0.5) is 5.69 Å². The van der Waals surface area contributed by atoms with Gasteiger partial charge >= 0.3 is 0 Å². The van der Waals surface area contributed by atoms with Crippen molar-refractivity contribution >= 4 is 16.6 Å². The van der Waals surface area contributed by atoms with Crippen LogP contribution in [0.3, 0.4) is 0 Å². The molecule has 1 N–H and O–H groups in total. The third-order valence-electron chi connectivity index (χ3n) is 3.69. The number of hydrogen-bond donors (Lipinski definition) is 1. The van der Waals surface area contributed by atoms with Crippen molar-refractivity contribution in [3.05, 3.63) is 30.0 Å². The Labute approximate surface area is 112 Å². The number of benzene rings is 1. The molecule has 0 saturated heterocycles. The van der Waals surface area contributed by atoms with Crippen LogP contribution in [0, 0.1) is 17.2 Å². The molecule has 1 fully saturated rings. The fourth-order valence-corrected chi connectivity index (χ4v) is 2.58. The summed E-state index contributed by atoms with van der Waals surface area (Å²) in [5, 5.41) is 21.7. The molecule has 1 aliphatic rings. The molecule has 1 saturated carbocycles. The first-order valence-corrected chi connectivity index (χ1v) is 6.75. The lowest BCUT2D eigenvalue weighted by Gasteiger charge is -2.10. The standard InChI is InChI=1S/C15H16N4/c1-2-5-10-8-13(10)17-15-11-6-3-4-7-12(11)18-19-14(15)9-16/h3-4,6-7,10,13H,2,5,8H2,1H3,(H,17,18). The number of aromatic nitrogens is 2. The second kappa shape index (κ2) is 4.85. The molecule has 0 radical (unpaired) electrons. The molecule has 1 aromatic heterocycles. The van der Waals surface area contributed by atoms with Gasteiger partial charge in [-0.3, -0.25) is 0 Å². The number of hydrogen-bond acceptors (Lipinski definition) is 4. The Morgan fingerprint density at radius 3 is 3.00 bits per heavy atom. The molecular formula is C15H16N4. The lowest BCUT2D eigenvalue weighted by Crippen LogP contribution is -2.08. The molecule has 0 amide bonds. The average molecular weight is 252 g/mol. The zero-order chi connectivity index (χ0) is 13.2. The van der Waals surface area contributed by atoms with Gasteiger partial charge in [-0.2, -0.15) is 5.26 Å². The second-order valence-corrected chi connectivity index (χ2v) is 5.09. The van der Waals surface area contributed by atoms with Gasteiger partial charge in [-0.25, -0.2) is 0 Å². The first-order chi connectivity index (χ1) is 9.33. The number of nitrogens with one attached hydrogen (secondary N) is 1. The summed E-state index contributed by atoms with van der Waals surface area (Å²) in [5.41, 5.74) is 2.06. The zero-order valence-corrected chi connectivity index (χ0v) is 10.9. The Balaban J connectivity index is 1.95. The molecule has 19 heavy (non-hydrogen) atoms. The van der Waals surface area contributed by atoms with Crippen molar-refractivity contribution in [1.82, 2.24) is 10.2 Å². The Bertz CT molecular complexity index is 644. The molecule has 1 aromatic carbocycles. The van der Waals surface area contributed by atoms with Crippen LogP contribution in [0.15, 0.2) is 24.3 Å². The van der Waals surface area contributed by atoms with E-state index in [1.54, 1.807) is 0 Å². The molecule has 4 nitrogen and oxygen atoms in total. The highest BCUT2D eigenvalue weighted by Gasteiger charge is 2.36. The van der Waals surface area contributed by atoms with Crippen molar-refractivity contribution in [1.29, 1.82) is 5.26 Å². The minimum atomic E-state index is 0.390. The van der Waals surface area contributed by atoms with Gasteiger partial charge in [0.1, 0.15) is 6.07 Å². The van der Waals surface area contributed by atoms with E-state index in [1.807, 2.05) is 24.3 Å². The van der Waals surface area contributed by atoms with Crippen LogP contribution in [0.5, 0.6) is 0 Å². The average Bonchev–Trinajstić information content (AvgIpc) is 3.18. The molecule has 0 aliphatic heterocycles. The molecule has 0 bridgehead atoms. The van der Waals surface area contributed by atoms with E-state index < -0.39 is 0 Å². The van der Waals surface area contributed by atoms with Gasteiger partial charge < -0.3 is 5.32 Å². The fourth-order valence-electron chi connectivity index (χ4n) is 2.58. The van der Waals surface area contributed by atoms with Gasteiger partial charge in [-0.15, -0.1) is 10.2 Å². The third-order valence-corrected chi connectivity index (χ3v) is 3.69. The summed E-state index contributed by atoms with van der Waals surface area (Å²) >= 11 is 0. The van der Waals surface area contributed by atoms with E-state index in [4.69, 9.17) is 0 Å². The fraction of sp³-hybridized carbons (Fsp3) is 0.400. The van der Waals surface area contributed by atoms with Crippen molar-refractivity contribution in [2.75, 3.05) is 5.32 Å². The lowest BCUT2D eigenvalue weighted by molar-refractivity contribution is 0.693. The van der Waals surface area contributed by atoms with Crippen LogP contribution in [0.25, 0.3) is 10.9 Å². The van der Waals surface area contributed by atoms with Gasteiger partial charge in [0, 0.05) is 11.4 Å². The molecule has 4 heteroatoms. The highest BCUT2D eigenvalue weighted by atomic mass is 15.1. The van der Waals surface area contributed by atoms with Crippen molar-refractivity contribution in [2.45, 2.75) is 32.2 Å².